The summed E-state index contributed by atoms with van der Waals surface area (Å²) in [6.07, 6.45) is 2.39. The minimum atomic E-state index is -0.905. The molecule has 19 heavy (non-hydrogen) atoms. The Balaban J connectivity index is 1.91. The summed E-state index contributed by atoms with van der Waals surface area (Å²) in [5.74, 6) is 0.658. The average Bonchev–Trinajstić information content (AvgIpc) is 3.20. The molecule has 0 saturated heterocycles. The van der Waals surface area contributed by atoms with Gasteiger partial charge in [0.1, 0.15) is 18.0 Å². The van der Waals surface area contributed by atoms with Crippen LogP contribution in [0.4, 0.5) is 0 Å². The Morgan fingerprint density at radius 1 is 1.53 bits per heavy atom. The van der Waals surface area contributed by atoms with Crippen LogP contribution in [-0.4, -0.2) is 29.9 Å². The Bertz CT molecular complexity index is 487. The maximum atomic E-state index is 10.2. The molecule has 1 aromatic carbocycles. The minimum Gasteiger partial charge on any atom is -0.490 e. The number of aryl methyl sites for hydroxylation is 1. The monoisotopic (exact) mass is 260 g/mol. The van der Waals surface area contributed by atoms with E-state index in [0.717, 1.165) is 5.56 Å². The molecule has 0 spiro atoms. The lowest BCUT2D eigenvalue weighted by Crippen LogP contribution is -2.43. The molecule has 4 heteroatoms. The van der Waals surface area contributed by atoms with Crippen LogP contribution in [0.25, 0.3) is 0 Å². The number of nitrogens with one attached hydrogen (secondary N) is 1. The fourth-order valence-corrected chi connectivity index (χ4v) is 1.76. The number of nitriles is 1. The topological polar surface area (TPSA) is 65.3 Å². The second-order valence-corrected chi connectivity index (χ2v) is 5.53. The number of hydrogen-bond donors (Lipinski definition) is 2. The number of aliphatic hydroxyl groups is 1. The summed E-state index contributed by atoms with van der Waals surface area (Å²) in [6.45, 7) is 4.41. The summed E-state index contributed by atoms with van der Waals surface area (Å²) < 4.78 is 5.66. The van der Waals surface area contributed by atoms with Crippen molar-refractivity contribution in [2.24, 2.45) is 0 Å². The predicted molar refractivity (Wildman–Crippen MR) is 73.0 cm³/mol. The van der Waals surface area contributed by atoms with E-state index in [9.17, 15) is 5.11 Å². The van der Waals surface area contributed by atoms with Gasteiger partial charge in [-0.05, 0) is 44.4 Å². The van der Waals surface area contributed by atoms with E-state index in [1.165, 1.54) is 12.8 Å². The largest absolute Gasteiger partial charge is 0.490 e. The molecule has 1 saturated carbocycles. The Morgan fingerprint density at radius 2 is 2.26 bits per heavy atom. The van der Waals surface area contributed by atoms with Gasteiger partial charge in [0.25, 0.3) is 0 Å². The molecule has 2 N–H and O–H groups in total. The number of rotatable bonds is 6. The number of benzene rings is 1. The third-order valence-corrected chi connectivity index (χ3v) is 3.20. The van der Waals surface area contributed by atoms with Crippen molar-refractivity contribution in [2.45, 2.75) is 38.3 Å². The first-order valence-electron chi connectivity index (χ1n) is 6.59. The predicted octanol–water partition coefficient (Wildman–Crippen LogP) is 1.75. The fraction of sp³-hybridized carbons (Fsp3) is 0.533. The van der Waals surface area contributed by atoms with Gasteiger partial charge in [-0.25, -0.2) is 0 Å². The van der Waals surface area contributed by atoms with E-state index in [-0.39, 0.29) is 6.61 Å². The van der Waals surface area contributed by atoms with Crippen LogP contribution >= 0.6 is 0 Å². The van der Waals surface area contributed by atoms with Crippen LogP contribution in [0.2, 0.25) is 0 Å². The second-order valence-electron chi connectivity index (χ2n) is 5.53. The molecule has 1 atom stereocenters. The smallest absolute Gasteiger partial charge is 0.123 e. The van der Waals surface area contributed by atoms with Gasteiger partial charge in [0.15, 0.2) is 0 Å². The Kier molecular flexibility index (Phi) is 4.08. The zero-order valence-electron chi connectivity index (χ0n) is 11.4. The molecule has 0 amide bonds. The van der Waals surface area contributed by atoms with Crippen LogP contribution in [0.1, 0.15) is 30.9 Å². The van der Waals surface area contributed by atoms with E-state index in [4.69, 9.17) is 10.00 Å². The molecule has 2 rings (SSSR count). The molecule has 0 aromatic heterocycles. The highest BCUT2D eigenvalue weighted by Gasteiger charge is 2.27. The Morgan fingerprint density at radius 3 is 2.89 bits per heavy atom. The molecular weight excluding hydrogens is 240 g/mol. The summed E-state index contributed by atoms with van der Waals surface area (Å²) in [7, 11) is 0. The van der Waals surface area contributed by atoms with Gasteiger partial charge in [-0.2, -0.15) is 5.26 Å². The first-order valence-corrected chi connectivity index (χ1v) is 6.59. The van der Waals surface area contributed by atoms with Crippen molar-refractivity contribution >= 4 is 0 Å². The molecule has 1 unspecified atom stereocenters. The zero-order chi connectivity index (χ0) is 13.9. The highest BCUT2D eigenvalue weighted by atomic mass is 16.5. The van der Waals surface area contributed by atoms with E-state index >= 15 is 0 Å². The maximum absolute atomic E-state index is 10.2. The van der Waals surface area contributed by atoms with Gasteiger partial charge in [0, 0.05) is 12.6 Å². The van der Waals surface area contributed by atoms with Crippen molar-refractivity contribution in [1.82, 2.24) is 5.32 Å². The zero-order valence-corrected chi connectivity index (χ0v) is 11.4. The highest BCUT2D eigenvalue weighted by molar-refractivity contribution is 5.41. The van der Waals surface area contributed by atoms with E-state index in [0.29, 0.717) is 23.9 Å². The maximum Gasteiger partial charge on any atom is 0.123 e. The third-order valence-electron chi connectivity index (χ3n) is 3.20. The molecule has 0 heterocycles. The third kappa shape index (κ3) is 4.23. The fourth-order valence-electron chi connectivity index (χ4n) is 1.76. The number of nitrogens with zero attached hydrogens (tertiary/aromatic N) is 1. The normalized spacial score (nSPS) is 17.6. The summed E-state index contributed by atoms with van der Waals surface area (Å²) >= 11 is 0. The van der Waals surface area contributed by atoms with Gasteiger partial charge in [-0.1, -0.05) is 6.07 Å². The molecule has 0 bridgehead atoms. The SMILES string of the molecule is Cc1ccc(C#N)cc1OCC(C)(O)CNC1CC1. The molecule has 1 aliphatic carbocycles. The van der Waals surface area contributed by atoms with Gasteiger partial charge in [0.05, 0.1) is 11.6 Å². The molecule has 1 aromatic rings. The van der Waals surface area contributed by atoms with E-state index in [1.54, 1.807) is 19.1 Å². The Hall–Kier alpha value is -1.57. The van der Waals surface area contributed by atoms with Crippen LogP contribution in [0.5, 0.6) is 5.75 Å². The lowest BCUT2D eigenvalue weighted by atomic mass is 10.1. The summed E-state index contributed by atoms with van der Waals surface area (Å²) in [5.41, 5.74) is 0.624. The second kappa shape index (κ2) is 5.60. The van der Waals surface area contributed by atoms with E-state index < -0.39 is 5.60 Å². The Labute approximate surface area is 114 Å². The highest BCUT2D eigenvalue weighted by Crippen LogP contribution is 2.22. The summed E-state index contributed by atoms with van der Waals surface area (Å²) in [4.78, 5) is 0. The van der Waals surface area contributed by atoms with Crippen LogP contribution < -0.4 is 10.1 Å². The van der Waals surface area contributed by atoms with Crippen LogP contribution in [0, 0.1) is 18.3 Å². The van der Waals surface area contributed by atoms with Gasteiger partial charge < -0.3 is 15.2 Å². The lowest BCUT2D eigenvalue weighted by Gasteiger charge is -2.24. The number of hydrogen-bond acceptors (Lipinski definition) is 4. The molecule has 0 aliphatic heterocycles. The van der Waals surface area contributed by atoms with Gasteiger partial charge in [-0.15, -0.1) is 0 Å². The van der Waals surface area contributed by atoms with Crippen LogP contribution in [-0.2, 0) is 0 Å². The van der Waals surface area contributed by atoms with Crippen molar-refractivity contribution in [3.05, 3.63) is 29.3 Å². The lowest BCUT2D eigenvalue weighted by molar-refractivity contribution is 0.0118. The van der Waals surface area contributed by atoms with Crippen molar-refractivity contribution in [3.8, 4) is 11.8 Å². The number of ether oxygens (including phenoxy) is 1. The quantitative estimate of drug-likeness (QED) is 0.818. The summed E-state index contributed by atoms with van der Waals surface area (Å²) in [6, 6.07) is 7.97. The van der Waals surface area contributed by atoms with Gasteiger partial charge >= 0.3 is 0 Å². The summed E-state index contributed by atoms with van der Waals surface area (Å²) in [5, 5.41) is 22.4. The first-order chi connectivity index (χ1) is 9.00. The van der Waals surface area contributed by atoms with Crippen LogP contribution in [0.15, 0.2) is 18.2 Å². The molecule has 1 fully saturated rings. The molecular formula is C15H20N2O2. The van der Waals surface area contributed by atoms with Gasteiger partial charge in [-0.3, -0.25) is 0 Å². The van der Waals surface area contributed by atoms with E-state index in [1.807, 2.05) is 13.0 Å². The molecule has 102 valence electrons. The van der Waals surface area contributed by atoms with Crippen molar-refractivity contribution in [1.29, 1.82) is 5.26 Å². The molecule has 4 nitrogen and oxygen atoms in total. The van der Waals surface area contributed by atoms with Crippen molar-refractivity contribution < 1.29 is 9.84 Å². The van der Waals surface area contributed by atoms with E-state index in [2.05, 4.69) is 11.4 Å². The van der Waals surface area contributed by atoms with Crippen LogP contribution in [0.3, 0.4) is 0 Å². The van der Waals surface area contributed by atoms with Crippen molar-refractivity contribution in [3.63, 3.8) is 0 Å². The van der Waals surface area contributed by atoms with Crippen molar-refractivity contribution in [2.75, 3.05) is 13.2 Å². The average molecular weight is 260 g/mol. The standard InChI is InChI=1S/C15H20N2O2/c1-11-3-4-12(8-16)7-14(11)19-10-15(2,18)9-17-13-5-6-13/h3-4,7,13,17-18H,5-6,9-10H2,1-2H3. The minimum absolute atomic E-state index is 0.211. The molecule has 1 aliphatic rings. The van der Waals surface area contributed by atoms with Gasteiger partial charge in [0.2, 0.25) is 0 Å². The molecule has 0 radical (unpaired) electrons. The first kappa shape index (κ1) is 13.9.